The number of amidine groups is 1. The summed E-state index contributed by atoms with van der Waals surface area (Å²) in [6.45, 7) is 4.94. The van der Waals surface area contributed by atoms with E-state index in [-0.39, 0.29) is 16.5 Å². The van der Waals surface area contributed by atoms with Crippen LogP contribution in [0.25, 0.3) is 0 Å². The van der Waals surface area contributed by atoms with Gasteiger partial charge in [-0.1, -0.05) is 26.7 Å². The van der Waals surface area contributed by atoms with Crippen LogP contribution in [0.3, 0.4) is 0 Å². The Labute approximate surface area is 123 Å². The van der Waals surface area contributed by atoms with Crippen LogP contribution in [0.2, 0.25) is 0 Å². The molecule has 1 N–H and O–H groups in total. The fourth-order valence-corrected chi connectivity index (χ4v) is 3.27. The highest BCUT2D eigenvalue weighted by Crippen LogP contribution is 2.36. The van der Waals surface area contributed by atoms with Crippen LogP contribution in [0.15, 0.2) is 21.4 Å². The number of nitroso groups, excluding NO2 is 1. The fourth-order valence-electron chi connectivity index (χ4n) is 3.27. The molecule has 0 aromatic heterocycles. The number of unbranched alkanes of at least 4 members (excludes halogenated alkanes) is 1. The van der Waals surface area contributed by atoms with E-state index in [9.17, 15) is 9.70 Å². The molecule has 3 aliphatic heterocycles. The highest BCUT2D eigenvalue weighted by atomic mass is 16.4. The maximum absolute atomic E-state index is 12.9. The number of amides is 1. The second-order valence-electron chi connectivity index (χ2n) is 5.66. The minimum atomic E-state index is -0.386. The molecule has 0 saturated heterocycles. The van der Waals surface area contributed by atoms with Gasteiger partial charge >= 0.3 is 11.7 Å². The number of hydrogen-bond acceptors (Lipinski definition) is 5. The van der Waals surface area contributed by atoms with Gasteiger partial charge in [-0.15, -0.1) is 0 Å². The molecule has 2 unspecified atom stereocenters. The number of rotatable bonds is 5. The van der Waals surface area contributed by atoms with Crippen LogP contribution in [0, 0.1) is 4.91 Å². The van der Waals surface area contributed by atoms with E-state index < -0.39 is 0 Å². The van der Waals surface area contributed by atoms with Gasteiger partial charge in [0.25, 0.3) is 5.84 Å². The van der Waals surface area contributed by atoms with Gasteiger partial charge in [0.05, 0.1) is 6.54 Å². The minimum Gasteiger partial charge on any atom is -0.249 e. The van der Waals surface area contributed by atoms with E-state index in [4.69, 9.17) is 0 Å². The molecule has 0 aromatic rings. The van der Waals surface area contributed by atoms with E-state index in [1.165, 1.54) is 6.34 Å². The standard InChI is InChI=1S/C14H21N5O2/c1-3-5-6-11-14(20)19(7-4-2)13(17-11)10-8-15-9-16-12(10)18(19)21/h9,11H,3-8H2,1-2H3,(H,15,16)/q+2. The zero-order chi connectivity index (χ0) is 15.0. The van der Waals surface area contributed by atoms with Gasteiger partial charge in [-0.05, 0) is 22.3 Å². The zero-order valence-electron chi connectivity index (χ0n) is 12.5. The lowest BCUT2D eigenvalue weighted by molar-refractivity contribution is -1.22. The first kappa shape index (κ1) is 14.1. The van der Waals surface area contributed by atoms with Crippen LogP contribution in [-0.2, 0) is 4.79 Å². The number of carbonyl (C=O) groups excluding carboxylic acids is 1. The third-order valence-corrected chi connectivity index (χ3v) is 4.26. The van der Waals surface area contributed by atoms with Gasteiger partial charge in [0.15, 0.2) is 22.8 Å². The molecule has 112 valence electrons. The summed E-state index contributed by atoms with van der Waals surface area (Å²) >= 11 is 0. The van der Waals surface area contributed by atoms with E-state index in [1.54, 1.807) is 0 Å². The molecule has 0 fully saturated rings. The van der Waals surface area contributed by atoms with Crippen molar-refractivity contribution >= 4 is 18.1 Å². The number of nitrogens with zero attached hydrogens (tertiary/aromatic N) is 4. The van der Waals surface area contributed by atoms with Gasteiger partial charge in [-0.3, -0.25) is 0 Å². The molecule has 0 bridgehead atoms. The predicted octanol–water partition coefficient (Wildman–Crippen LogP) is 1.26. The van der Waals surface area contributed by atoms with E-state index in [1.807, 2.05) is 6.92 Å². The second-order valence-corrected chi connectivity index (χ2v) is 5.66. The molecule has 1 amide bonds. The number of aliphatic imine (C=N–C) groups is 2. The first-order valence-electron chi connectivity index (χ1n) is 7.63. The van der Waals surface area contributed by atoms with Crippen LogP contribution in [0.4, 0.5) is 0 Å². The van der Waals surface area contributed by atoms with Gasteiger partial charge in [0, 0.05) is 0 Å². The molecule has 21 heavy (non-hydrogen) atoms. The molecule has 0 saturated carbocycles. The van der Waals surface area contributed by atoms with Crippen LogP contribution in [0.1, 0.15) is 39.5 Å². The Hall–Kier alpha value is -1.89. The van der Waals surface area contributed by atoms with Crippen LogP contribution >= 0.6 is 0 Å². The maximum atomic E-state index is 12.9. The lowest BCUT2D eigenvalue weighted by Gasteiger charge is -2.19. The lowest BCUT2D eigenvalue weighted by Crippen LogP contribution is -2.58. The van der Waals surface area contributed by atoms with Gasteiger partial charge in [0.2, 0.25) is 0 Å². The molecule has 0 aliphatic carbocycles. The monoisotopic (exact) mass is 291 g/mol. The van der Waals surface area contributed by atoms with Gasteiger partial charge in [0.1, 0.15) is 6.54 Å². The number of hydrogen-bond donors (Lipinski definition) is 1. The number of nitrogens with one attached hydrogen (secondary N) is 1. The molecule has 3 rings (SSSR count). The average Bonchev–Trinajstić information content (AvgIpc) is 2.91. The van der Waals surface area contributed by atoms with Crippen molar-refractivity contribution in [3.05, 3.63) is 16.3 Å². The Bertz CT molecular complexity index is 592. The van der Waals surface area contributed by atoms with Crippen molar-refractivity contribution in [2.45, 2.75) is 45.6 Å². The lowest BCUT2D eigenvalue weighted by atomic mass is 10.1. The molecule has 3 heterocycles. The summed E-state index contributed by atoms with van der Waals surface area (Å²) in [6.07, 6.45) is 4.93. The van der Waals surface area contributed by atoms with Crippen molar-refractivity contribution in [2.24, 2.45) is 9.98 Å². The summed E-state index contributed by atoms with van der Waals surface area (Å²) in [4.78, 5) is 35.2. The van der Waals surface area contributed by atoms with Crippen LogP contribution < -0.4 is 5.32 Å². The van der Waals surface area contributed by atoms with Crippen molar-refractivity contribution in [3.8, 4) is 0 Å². The third kappa shape index (κ3) is 1.80. The summed E-state index contributed by atoms with van der Waals surface area (Å²) in [7, 11) is 0. The molecule has 3 aliphatic rings. The summed E-state index contributed by atoms with van der Waals surface area (Å²) in [5.41, 5.74) is 0.772. The van der Waals surface area contributed by atoms with Gasteiger partial charge in [-0.25, -0.2) is 20.1 Å². The van der Waals surface area contributed by atoms with Gasteiger partial charge in [-0.2, -0.15) is 0 Å². The number of quaternary nitrogens is 1. The minimum absolute atomic E-state index is 0.0912. The van der Waals surface area contributed by atoms with E-state index >= 15 is 0 Å². The van der Waals surface area contributed by atoms with E-state index in [0.717, 1.165) is 36.1 Å². The second kappa shape index (κ2) is 5.14. The first-order valence-corrected chi connectivity index (χ1v) is 7.63. The highest BCUT2D eigenvalue weighted by Gasteiger charge is 2.68. The maximum Gasteiger partial charge on any atom is 0.394 e. The van der Waals surface area contributed by atoms with Crippen molar-refractivity contribution in [3.63, 3.8) is 0 Å². The van der Waals surface area contributed by atoms with Gasteiger partial charge < -0.3 is 0 Å². The molecular weight excluding hydrogens is 270 g/mol. The quantitative estimate of drug-likeness (QED) is 0.612. The molecule has 7 heteroatoms. The fraction of sp³-hybridized carbons (Fsp3) is 0.643. The Morgan fingerprint density at radius 2 is 2.24 bits per heavy atom. The Morgan fingerprint density at radius 3 is 2.95 bits per heavy atom. The Morgan fingerprint density at radius 1 is 1.43 bits per heavy atom. The summed E-state index contributed by atoms with van der Waals surface area (Å²) < 4.78 is -0.300. The molecule has 0 aromatic carbocycles. The molecule has 0 radical (unpaired) electrons. The van der Waals surface area contributed by atoms with Crippen molar-refractivity contribution in [1.29, 1.82) is 0 Å². The smallest absolute Gasteiger partial charge is 0.249 e. The van der Waals surface area contributed by atoms with Crippen molar-refractivity contribution in [2.75, 3.05) is 13.1 Å². The average molecular weight is 291 g/mol. The summed E-state index contributed by atoms with van der Waals surface area (Å²) in [5.74, 6) is 0.947. The summed E-state index contributed by atoms with van der Waals surface area (Å²) in [6, 6.07) is -0.386. The third-order valence-electron chi connectivity index (χ3n) is 4.26. The normalized spacial score (nSPS) is 30.4. The SMILES string of the molecule is CCCCC1N=C2C3=C(NC=NC3)[N+](=O)[N+]2(CCC)C1=O. The highest BCUT2D eigenvalue weighted by molar-refractivity contribution is 6.06. The molecular formula is C14H21N5O2+2. The summed E-state index contributed by atoms with van der Waals surface area (Å²) in [5, 5.41) is 2.87. The Kier molecular flexibility index (Phi) is 3.44. The number of carbonyl (C=O) groups is 1. The largest absolute Gasteiger partial charge is 0.394 e. The van der Waals surface area contributed by atoms with E-state index in [2.05, 4.69) is 22.2 Å². The van der Waals surface area contributed by atoms with Crippen LogP contribution in [0.5, 0.6) is 0 Å². The topological polar surface area (TPSA) is 73.9 Å². The molecule has 2 atom stereocenters. The molecule has 0 spiro atoms. The molecule has 7 nitrogen and oxygen atoms in total. The zero-order valence-corrected chi connectivity index (χ0v) is 12.5. The number of fused-ring (bicyclic) bond motifs is 2. The predicted molar refractivity (Wildman–Crippen MR) is 78.3 cm³/mol. The Balaban J connectivity index is 2.02. The van der Waals surface area contributed by atoms with Crippen molar-refractivity contribution in [1.82, 2.24) is 5.32 Å². The van der Waals surface area contributed by atoms with Crippen LogP contribution in [-0.4, -0.2) is 46.7 Å². The van der Waals surface area contributed by atoms with E-state index in [0.29, 0.717) is 24.7 Å². The van der Waals surface area contributed by atoms with Crippen molar-refractivity contribution < 1.29 is 14.3 Å². The first-order chi connectivity index (χ1) is 10.2.